The third-order valence-corrected chi connectivity index (χ3v) is 4.50. The minimum Gasteiger partial charge on any atom is -0.497 e. The highest BCUT2D eigenvalue weighted by Gasteiger charge is 2.33. The topological polar surface area (TPSA) is 67.0 Å². The Labute approximate surface area is 136 Å². The van der Waals surface area contributed by atoms with Crippen molar-refractivity contribution in [2.45, 2.75) is 39.2 Å². The lowest BCUT2D eigenvalue weighted by Gasteiger charge is -2.19. The van der Waals surface area contributed by atoms with Crippen LogP contribution in [0.5, 0.6) is 5.75 Å². The summed E-state index contributed by atoms with van der Waals surface area (Å²) in [6.07, 6.45) is 2.70. The van der Waals surface area contributed by atoms with Crippen LogP contribution < -0.4 is 10.1 Å². The lowest BCUT2D eigenvalue weighted by atomic mass is 10.0. The van der Waals surface area contributed by atoms with E-state index < -0.39 is 0 Å². The number of amides is 1. The van der Waals surface area contributed by atoms with Gasteiger partial charge in [0.15, 0.2) is 0 Å². The molecule has 1 aliphatic carbocycles. The van der Waals surface area contributed by atoms with E-state index in [-0.39, 0.29) is 11.9 Å². The van der Waals surface area contributed by atoms with Crippen molar-refractivity contribution >= 4 is 5.91 Å². The zero-order valence-electron chi connectivity index (χ0n) is 13.8. The van der Waals surface area contributed by atoms with Crippen LogP contribution in [0, 0.1) is 19.8 Å². The maximum atomic E-state index is 12.5. The van der Waals surface area contributed by atoms with Gasteiger partial charge < -0.3 is 10.1 Å². The quantitative estimate of drug-likeness (QED) is 0.862. The Morgan fingerprint density at radius 2 is 2.04 bits per heavy atom. The van der Waals surface area contributed by atoms with E-state index in [1.54, 1.807) is 7.11 Å². The average Bonchev–Trinajstić information content (AvgIpc) is 3.35. The molecule has 1 aromatic heterocycles. The number of benzene rings is 1. The van der Waals surface area contributed by atoms with Gasteiger partial charge in [-0.25, -0.2) is 0 Å². The van der Waals surface area contributed by atoms with Crippen molar-refractivity contribution in [3.05, 3.63) is 46.8 Å². The van der Waals surface area contributed by atoms with Crippen LogP contribution in [-0.2, 0) is 11.2 Å². The molecule has 0 spiro atoms. The van der Waals surface area contributed by atoms with E-state index >= 15 is 0 Å². The van der Waals surface area contributed by atoms with Gasteiger partial charge in [-0.3, -0.25) is 9.89 Å². The molecule has 122 valence electrons. The Morgan fingerprint density at radius 1 is 1.35 bits per heavy atom. The first-order valence-corrected chi connectivity index (χ1v) is 8.02. The van der Waals surface area contributed by atoms with Crippen LogP contribution in [0.2, 0.25) is 0 Å². The smallest absolute Gasteiger partial charge is 0.225 e. The number of aromatic amines is 1. The summed E-state index contributed by atoms with van der Waals surface area (Å²) < 4.78 is 5.20. The molecule has 0 aliphatic heterocycles. The number of aromatic nitrogens is 2. The molecule has 5 heteroatoms. The number of aryl methyl sites for hydroxylation is 2. The van der Waals surface area contributed by atoms with Gasteiger partial charge in [-0.05, 0) is 50.3 Å². The largest absolute Gasteiger partial charge is 0.497 e. The second-order valence-corrected chi connectivity index (χ2v) is 6.25. The van der Waals surface area contributed by atoms with E-state index in [0.29, 0.717) is 12.3 Å². The van der Waals surface area contributed by atoms with Crippen molar-refractivity contribution in [3.63, 3.8) is 0 Å². The first-order valence-electron chi connectivity index (χ1n) is 8.02. The minimum atomic E-state index is 0.0466. The molecule has 1 fully saturated rings. The summed E-state index contributed by atoms with van der Waals surface area (Å²) >= 11 is 0. The van der Waals surface area contributed by atoms with Crippen LogP contribution in [0.3, 0.4) is 0 Å². The monoisotopic (exact) mass is 313 g/mol. The lowest BCUT2D eigenvalue weighted by molar-refractivity contribution is -0.121. The fraction of sp³-hybridized carbons (Fsp3) is 0.444. The van der Waals surface area contributed by atoms with Gasteiger partial charge >= 0.3 is 0 Å². The molecule has 0 radical (unpaired) electrons. The number of methoxy groups -OCH3 is 1. The van der Waals surface area contributed by atoms with Gasteiger partial charge in [0.1, 0.15) is 5.75 Å². The second kappa shape index (κ2) is 6.44. The summed E-state index contributed by atoms with van der Waals surface area (Å²) in [6, 6.07) is 8.05. The number of carbonyl (C=O) groups is 1. The van der Waals surface area contributed by atoms with Crippen LogP contribution in [0.4, 0.5) is 0 Å². The van der Waals surface area contributed by atoms with E-state index in [2.05, 4.69) is 15.5 Å². The summed E-state index contributed by atoms with van der Waals surface area (Å²) in [5.41, 5.74) is 3.99. The van der Waals surface area contributed by atoms with Crippen LogP contribution >= 0.6 is 0 Å². The molecule has 1 atom stereocenters. The number of hydrogen-bond acceptors (Lipinski definition) is 3. The number of nitrogens with zero attached hydrogens (tertiary/aromatic N) is 1. The highest BCUT2D eigenvalue weighted by atomic mass is 16.5. The normalized spacial score (nSPS) is 15.3. The summed E-state index contributed by atoms with van der Waals surface area (Å²) in [5, 5.41) is 10.3. The Hall–Kier alpha value is -2.30. The highest BCUT2D eigenvalue weighted by Crippen LogP contribution is 2.41. The molecular formula is C18H23N3O2. The van der Waals surface area contributed by atoms with Gasteiger partial charge in [0.25, 0.3) is 0 Å². The maximum Gasteiger partial charge on any atom is 0.225 e. The summed E-state index contributed by atoms with van der Waals surface area (Å²) in [4.78, 5) is 12.5. The third kappa shape index (κ3) is 3.55. The van der Waals surface area contributed by atoms with Crippen molar-refractivity contribution in [3.8, 4) is 5.75 Å². The number of hydrogen-bond donors (Lipinski definition) is 2. The lowest BCUT2D eigenvalue weighted by Crippen LogP contribution is -2.31. The Kier molecular flexibility index (Phi) is 4.37. The van der Waals surface area contributed by atoms with E-state index in [9.17, 15) is 4.79 Å². The Balaban J connectivity index is 1.70. The molecule has 5 nitrogen and oxygen atoms in total. The number of nitrogens with one attached hydrogen (secondary N) is 2. The van der Waals surface area contributed by atoms with Crippen LogP contribution in [-0.4, -0.2) is 23.2 Å². The van der Waals surface area contributed by atoms with Gasteiger partial charge in [0, 0.05) is 11.3 Å². The third-order valence-electron chi connectivity index (χ3n) is 4.50. The number of carbonyl (C=O) groups excluding carboxylic acids is 1. The van der Waals surface area contributed by atoms with E-state index in [4.69, 9.17) is 4.74 Å². The molecule has 1 amide bonds. The highest BCUT2D eigenvalue weighted by molar-refractivity contribution is 5.79. The Bertz CT molecular complexity index is 667. The van der Waals surface area contributed by atoms with Gasteiger partial charge in [-0.1, -0.05) is 12.1 Å². The van der Waals surface area contributed by atoms with Crippen molar-refractivity contribution in [1.82, 2.24) is 15.5 Å². The molecule has 1 saturated carbocycles. The molecule has 1 heterocycles. The maximum absolute atomic E-state index is 12.5. The van der Waals surface area contributed by atoms with E-state index in [1.807, 2.05) is 38.1 Å². The van der Waals surface area contributed by atoms with Gasteiger partial charge in [0.2, 0.25) is 5.91 Å². The molecule has 1 aromatic carbocycles. The standard InChI is InChI=1S/C18H23N3O2/c1-11-16(12(2)21-20-11)10-17(22)19-18(13-4-5-13)14-6-8-15(23-3)9-7-14/h6-9,13,18H,4-5,10H2,1-3H3,(H,19,22)(H,20,21)/t18-/m0/s1. The molecule has 2 N–H and O–H groups in total. The molecule has 0 saturated heterocycles. The molecule has 0 bridgehead atoms. The molecule has 1 aliphatic rings. The first kappa shape index (κ1) is 15.6. The van der Waals surface area contributed by atoms with Crippen molar-refractivity contribution in [2.75, 3.05) is 7.11 Å². The van der Waals surface area contributed by atoms with E-state index in [0.717, 1.165) is 28.3 Å². The minimum absolute atomic E-state index is 0.0466. The van der Waals surface area contributed by atoms with Gasteiger partial charge in [0.05, 0.1) is 25.3 Å². The second-order valence-electron chi connectivity index (χ2n) is 6.25. The Morgan fingerprint density at radius 3 is 2.57 bits per heavy atom. The number of rotatable bonds is 6. The molecule has 0 unspecified atom stereocenters. The van der Waals surface area contributed by atoms with Crippen LogP contribution in [0.1, 0.15) is 41.4 Å². The number of H-pyrrole nitrogens is 1. The van der Waals surface area contributed by atoms with Crippen molar-refractivity contribution in [1.29, 1.82) is 0 Å². The zero-order valence-corrected chi connectivity index (χ0v) is 13.8. The fourth-order valence-electron chi connectivity index (χ4n) is 2.93. The van der Waals surface area contributed by atoms with Crippen LogP contribution in [0.25, 0.3) is 0 Å². The summed E-state index contributed by atoms with van der Waals surface area (Å²) in [5.74, 6) is 1.42. The average molecular weight is 313 g/mol. The predicted octanol–water partition coefficient (Wildman–Crippen LogP) is 2.85. The van der Waals surface area contributed by atoms with Crippen LogP contribution in [0.15, 0.2) is 24.3 Å². The first-order chi connectivity index (χ1) is 11.1. The van der Waals surface area contributed by atoms with Gasteiger partial charge in [-0.15, -0.1) is 0 Å². The molecule has 3 rings (SSSR count). The fourth-order valence-corrected chi connectivity index (χ4v) is 2.93. The van der Waals surface area contributed by atoms with Crippen molar-refractivity contribution < 1.29 is 9.53 Å². The van der Waals surface area contributed by atoms with Gasteiger partial charge in [-0.2, -0.15) is 5.10 Å². The molecule has 23 heavy (non-hydrogen) atoms. The zero-order chi connectivity index (χ0) is 16.4. The molecular weight excluding hydrogens is 290 g/mol. The van der Waals surface area contributed by atoms with E-state index in [1.165, 1.54) is 12.8 Å². The molecule has 2 aromatic rings. The summed E-state index contributed by atoms with van der Waals surface area (Å²) in [7, 11) is 1.66. The predicted molar refractivity (Wildman–Crippen MR) is 88.4 cm³/mol. The van der Waals surface area contributed by atoms with Crippen molar-refractivity contribution in [2.24, 2.45) is 5.92 Å². The number of ether oxygens (including phenoxy) is 1. The SMILES string of the molecule is COc1ccc([C@@H](NC(=O)Cc2c(C)n[nH]c2C)C2CC2)cc1. The summed E-state index contributed by atoms with van der Waals surface area (Å²) in [6.45, 7) is 3.87.